The van der Waals surface area contributed by atoms with Crippen LogP contribution in [-0.4, -0.2) is 10.8 Å². The Labute approximate surface area is 129 Å². The Balaban J connectivity index is 2.15. The molecule has 3 aromatic rings. The number of benzene rings is 2. The maximum Gasteiger partial charge on any atom is 0.196 e. The van der Waals surface area contributed by atoms with Crippen LogP contribution in [0.1, 0.15) is 21.5 Å². The van der Waals surface area contributed by atoms with Gasteiger partial charge in [-0.15, -0.1) is 0 Å². The summed E-state index contributed by atoms with van der Waals surface area (Å²) in [5, 5.41) is 0.834. The van der Waals surface area contributed by atoms with Crippen molar-refractivity contribution >= 4 is 38.3 Å². The number of halogens is 2. The van der Waals surface area contributed by atoms with Crippen LogP contribution in [0.2, 0.25) is 0 Å². The smallest absolute Gasteiger partial charge is 0.196 e. The summed E-state index contributed by atoms with van der Waals surface area (Å²) in [5.41, 5.74) is 8.39. The highest BCUT2D eigenvalue weighted by Gasteiger charge is 2.18. The molecule has 1 heterocycles. The number of hydrogen-bond acceptors (Lipinski definition) is 2. The van der Waals surface area contributed by atoms with E-state index in [0.29, 0.717) is 15.6 Å². The number of H-pyrrole nitrogens is 1. The van der Waals surface area contributed by atoms with Crippen molar-refractivity contribution in [3.63, 3.8) is 0 Å². The predicted molar refractivity (Wildman–Crippen MR) is 85.0 cm³/mol. The summed E-state index contributed by atoms with van der Waals surface area (Å²) in [5.74, 6) is -0.753. The second-order valence-electron chi connectivity index (χ2n) is 4.93. The molecule has 3 N–H and O–H groups in total. The average molecular weight is 347 g/mol. The van der Waals surface area contributed by atoms with Crippen LogP contribution in [0.25, 0.3) is 10.9 Å². The minimum absolute atomic E-state index is 0.0442. The fraction of sp³-hybridized carbons (Fsp3) is 0.0625. The molecular weight excluding hydrogens is 335 g/mol. The second-order valence-corrected chi connectivity index (χ2v) is 5.79. The average Bonchev–Trinajstić information content (AvgIpc) is 2.85. The van der Waals surface area contributed by atoms with Crippen LogP contribution in [0.4, 0.5) is 10.1 Å². The first-order valence-corrected chi connectivity index (χ1v) is 7.13. The van der Waals surface area contributed by atoms with E-state index in [4.69, 9.17) is 5.73 Å². The van der Waals surface area contributed by atoms with Gasteiger partial charge in [0.15, 0.2) is 5.78 Å². The highest BCUT2D eigenvalue weighted by atomic mass is 79.9. The van der Waals surface area contributed by atoms with E-state index in [1.165, 1.54) is 12.1 Å². The number of nitrogens with two attached hydrogens (primary N) is 1. The first-order chi connectivity index (χ1) is 9.97. The highest BCUT2D eigenvalue weighted by Crippen LogP contribution is 2.28. The highest BCUT2D eigenvalue weighted by molar-refractivity contribution is 9.10. The Kier molecular flexibility index (Phi) is 3.29. The number of nitrogens with one attached hydrogen (secondary N) is 1. The minimum Gasteiger partial charge on any atom is -0.396 e. The zero-order chi connectivity index (χ0) is 15.1. The largest absolute Gasteiger partial charge is 0.396 e. The third-order valence-electron chi connectivity index (χ3n) is 3.41. The standard InChI is InChI=1S/C16H12BrFN2O/c1-8-2-3-9-11(7-20-15(9)4-8)16(21)10-5-14(19)13(18)6-12(10)17/h2-7,20H,19H2,1H3. The normalized spacial score (nSPS) is 11.0. The molecule has 2 aromatic carbocycles. The van der Waals surface area contributed by atoms with Gasteiger partial charge in [-0.3, -0.25) is 4.79 Å². The number of fused-ring (bicyclic) bond motifs is 1. The lowest BCUT2D eigenvalue weighted by Gasteiger charge is -2.05. The molecule has 0 fully saturated rings. The summed E-state index contributed by atoms with van der Waals surface area (Å²) >= 11 is 3.22. The summed E-state index contributed by atoms with van der Waals surface area (Å²) in [7, 11) is 0. The molecule has 106 valence electrons. The fourth-order valence-electron chi connectivity index (χ4n) is 2.31. The Morgan fingerprint density at radius 2 is 2.00 bits per heavy atom. The zero-order valence-electron chi connectivity index (χ0n) is 11.2. The SMILES string of the molecule is Cc1ccc2c(C(=O)c3cc(N)c(F)cc3Br)c[nH]c2c1. The van der Waals surface area contributed by atoms with Crippen molar-refractivity contribution in [2.45, 2.75) is 6.92 Å². The monoisotopic (exact) mass is 346 g/mol. The molecule has 0 aliphatic carbocycles. The Bertz CT molecular complexity index is 870. The first-order valence-electron chi connectivity index (χ1n) is 6.34. The minimum atomic E-state index is -0.548. The number of aromatic amines is 1. The van der Waals surface area contributed by atoms with Gasteiger partial charge < -0.3 is 10.7 Å². The van der Waals surface area contributed by atoms with Gasteiger partial charge in [-0.2, -0.15) is 0 Å². The molecule has 21 heavy (non-hydrogen) atoms. The molecule has 3 rings (SSSR count). The number of hydrogen-bond donors (Lipinski definition) is 2. The molecule has 1 aromatic heterocycles. The van der Waals surface area contributed by atoms with Crippen molar-refractivity contribution < 1.29 is 9.18 Å². The van der Waals surface area contributed by atoms with Crippen LogP contribution >= 0.6 is 15.9 Å². The summed E-state index contributed by atoms with van der Waals surface area (Å²) in [6.07, 6.45) is 1.67. The first kappa shape index (κ1) is 13.8. The van der Waals surface area contributed by atoms with Gasteiger partial charge >= 0.3 is 0 Å². The van der Waals surface area contributed by atoms with E-state index in [1.54, 1.807) is 6.20 Å². The van der Waals surface area contributed by atoms with Gasteiger partial charge in [-0.05, 0) is 46.6 Å². The van der Waals surface area contributed by atoms with Gasteiger partial charge in [0.1, 0.15) is 5.82 Å². The molecule has 0 amide bonds. The topological polar surface area (TPSA) is 58.9 Å². The molecule has 0 radical (unpaired) electrons. The van der Waals surface area contributed by atoms with E-state index in [1.807, 2.05) is 25.1 Å². The van der Waals surface area contributed by atoms with Crippen LogP contribution < -0.4 is 5.73 Å². The number of rotatable bonds is 2. The molecule has 3 nitrogen and oxygen atoms in total. The van der Waals surface area contributed by atoms with Gasteiger partial charge in [0.2, 0.25) is 0 Å². The molecule has 0 saturated heterocycles. The van der Waals surface area contributed by atoms with E-state index >= 15 is 0 Å². The van der Waals surface area contributed by atoms with Crippen LogP contribution in [-0.2, 0) is 0 Å². The molecule has 0 unspecified atom stereocenters. The number of nitrogen functional groups attached to an aromatic ring is 1. The number of aromatic nitrogens is 1. The molecule has 0 spiro atoms. The number of ketones is 1. The van der Waals surface area contributed by atoms with Crippen molar-refractivity contribution in [2.24, 2.45) is 0 Å². The third-order valence-corrected chi connectivity index (χ3v) is 4.07. The van der Waals surface area contributed by atoms with E-state index in [0.717, 1.165) is 16.5 Å². The lowest BCUT2D eigenvalue weighted by molar-refractivity contribution is 0.103. The van der Waals surface area contributed by atoms with Gasteiger partial charge in [0.25, 0.3) is 0 Å². The quantitative estimate of drug-likeness (QED) is 0.539. The predicted octanol–water partition coefficient (Wildman–Crippen LogP) is 4.19. The van der Waals surface area contributed by atoms with Crippen molar-refractivity contribution in [3.05, 3.63) is 63.5 Å². The lowest BCUT2D eigenvalue weighted by atomic mass is 10.0. The maximum absolute atomic E-state index is 13.4. The summed E-state index contributed by atoms with van der Waals surface area (Å²) in [4.78, 5) is 15.7. The number of carbonyl (C=O) groups excluding carboxylic acids is 1. The van der Waals surface area contributed by atoms with E-state index in [9.17, 15) is 9.18 Å². The van der Waals surface area contributed by atoms with Gasteiger partial charge in [0.05, 0.1) is 5.69 Å². The van der Waals surface area contributed by atoms with Gasteiger partial charge in [-0.1, -0.05) is 12.1 Å². The van der Waals surface area contributed by atoms with Gasteiger partial charge in [0, 0.05) is 32.7 Å². The van der Waals surface area contributed by atoms with Crippen LogP contribution in [0.15, 0.2) is 41.0 Å². The Hall–Kier alpha value is -2.14. The molecule has 0 aliphatic rings. The molecule has 5 heteroatoms. The Morgan fingerprint density at radius 1 is 1.24 bits per heavy atom. The second kappa shape index (κ2) is 5.00. The Morgan fingerprint density at radius 3 is 2.76 bits per heavy atom. The third kappa shape index (κ3) is 2.34. The van der Waals surface area contributed by atoms with E-state index in [-0.39, 0.29) is 11.5 Å². The maximum atomic E-state index is 13.4. The van der Waals surface area contributed by atoms with Crippen molar-refractivity contribution in [1.29, 1.82) is 0 Å². The fourth-order valence-corrected chi connectivity index (χ4v) is 2.81. The molecular formula is C16H12BrFN2O. The van der Waals surface area contributed by atoms with Crippen LogP contribution in [0.5, 0.6) is 0 Å². The van der Waals surface area contributed by atoms with Crippen molar-refractivity contribution in [1.82, 2.24) is 4.98 Å². The summed E-state index contributed by atoms with van der Waals surface area (Å²) in [6, 6.07) is 8.38. The molecule has 0 saturated carbocycles. The van der Waals surface area contributed by atoms with Crippen molar-refractivity contribution in [3.8, 4) is 0 Å². The molecule has 0 aliphatic heterocycles. The van der Waals surface area contributed by atoms with Crippen molar-refractivity contribution in [2.75, 3.05) is 5.73 Å². The lowest BCUT2D eigenvalue weighted by Crippen LogP contribution is -2.04. The van der Waals surface area contributed by atoms with Gasteiger partial charge in [-0.25, -0.2) is 4.39 Å². The van der Waals surface area contributed by atoms with Crippen LogP contribution in [0, 0.1) is 12.7 Å². The van der Waals surface area contributed by atoms with E-state index in [2.05, 4.69) is 20.9 Å². The molecule has 0 bridgehead atoms. The molecule has 0 atom stereocenters. The summed E-state index contributed by atoms with van der Waals surface area (Å²) in [6.45, 7) is 1.99. The number of aryl methyl sites for hydroxylation is 1. The summed E-state index contributed by atoms with van der Waals surface area (Å²) < 4.78 is 13.8. The zero-order valence-corrected chi connectivity index (χ0v) is 12.8. The number of anilines is 1. The number of carbonyl (C=O) groups is 1. The van der Waals surface area contributed by atoms with Crippen LogP contribution in [0.3, 0.4) is 0 Å². The van der Waals surface area contributed by atoms with E-state index < -0.39 is 5.82 Å².